The maximum atomic E-state index is 13.4. The van der Waals surface area contributed by atoms with Crippen molar-refractivity contribution in [3.05, 3.63) is 53.2 Å². The molecule has 2 aromatic rings. The molecule has 0 aliphatic carbocycles. The summed E-state index contributed by atoms with van der Waals surface area (Å²) in [5.41, 5.74) is 9.65. The molecular weight excluding hydrogens is 438 g/mol. The second-order valence-electron chi connectivity index (χ2n) is 10.3. The zero-order valence-electron chi connectivity index (χ0n) is 21.3. The highest BCUT2D eigenvalue weighted by atomic mass is 16.2. The molecule has 2 aliphatic heterocycles. The molecule has 1 aromatic carbocycles. The molecule has 2 aliphatic rings. The lowest BCUT2D eigenvalue weighted by molar-refractivity contribution is -0.146. The number of pyridine rings is 1. The van der Waals surface area contributed by atoms with Gasteiger partial charge in [0.1, 0.15) is 5.82 Å². The van der Waals surface area contributed by atoms with Crippen LogP contribution in [-0.4, -0.2) is 52.8 Å². The number of nitrogens with zero attached hydrogens (tertiary/aromatic N) is 3. The summed E-state index contributed by atoms with van der Waals surface area (Å²) in [7, 11) is 2.22. The van der Waals surface area contributed by atoms with Gasteiger partial charge in [-0.1, -0.05) is 44.5 Å². The minimum absolute atomic E-state index is 0.0933. The Morgan fingerprint density at radius 3 is 2.77 bits per heavy atom. The Labute approximate surface area is 209 Å². The molecular formula is C28H39N5O2. The van der Waals surface area contributed by atoms with Gasteiger partial charge in [0.15, 0.2) is 0 Å². The average molecular weight is 478 g/mol. The summed E-state index contributed by atoms with van der Waals surface area (Å²) in [6, 6.07) is 10.9. The van der Waals surface area contributed by atoms with Gasteiger partial charge in [0.05, 0.1) is 17.9 Å². The molecule has 35 heavy (non-hydrogen) atoms. The molecule has 2 fully saturated rings. The van der Waals surface area contributed by atoms with E-state index in [2.05, 4.69) is 53.4 Å². The highest BCUT2D eigenvalue weighted by Gasteiger charge is 2.34. The first-order valence-corrected chi connectivity index (χ1v) is 13.0. The minimum atomic E-state index is -0.627. The van der Waals surface area contributed by atoms with Crippen molar-refractivity contribution in [1.82, 2.24) is 14.8 Å². The van der Waals surface area contributed by atoms with E-state index in [4.69, 9.17) is 5.73 Å². The number of likely N-dealkylation sites (N-methyl/N-ethyl adjacent to an activating group) is 1. The molecule has 0 saturated carbocycles. The van der Waals surface area contributed by atoms with Crippen molar-refractivity contribution >= 4 is 23.3 Å². The number of carbonyl (C=O) groups excluding carboxylic acids is 2. The zero-order valence-corrected chi connectivity index (χ0v) is 21.3. The van der Waals surface area contributed by atoms with Crippen molar-refractivity contribution in [2.24, 2.45) is 5.92 Å². The van der Waals surface area contributed by atoms with Crippen LogP contribution in [0.2, 0.25) is 0 Å². The number of anilines is 2. The number of nitrogens with two attached hydrogens (primary N) is 1. The second kappa shape index (κ2) is 11.2. The summed E-state index contributed by atoms with van der Waals surface area (Å²) in [5.74, 6) is -0.320. The van der Waals surface area contributed by atoms with Crippen molar-refractivity contribution in [3.63, 3.8) is 0 Å². The third-order valence-electron chi connectivity index (χ3n) is 7.64. The quantitative estimate of drug-likeness (QED) is 0.630. The highest BCUT2D eigenvalue weighted by molar-refractivity contribution is 6.39. The molecule has 0 bridgehead atoms. The Morgan fingerprint density at radius 2 is 2.00 bits per heavy atom. The molecule has 7 heteroatoms. The van der Waals surface area contributed by atoms with E-state index in [9.17, 15) is 9.59 Å². The fraction of sp³-hybridized carbons (Fsp3) is 0.536. The minimum Gasteiger partial charge on any atom is -0.383 e. The van der Waals surface area contributed by atoms with Crippen molar-refractivity contribution in [1.29, 1.82) is 0 Å². The van der Waals surface area contributed by atoms with Crippen molar-refractivity contribution in [3.8, 4) is 0 Å². The standard InChI is InChI=1S/C28H39N5O2/c1-4-21-16-23(17-30-26(21)29)31-27(34)28(35)33-18-19(2)11-12-25(33)22-9-7-8-20(14-22)15-24-10-5-6-13-32(24)3/h7-9,14,16-17,19,24-25H,4-6,10-13,15,18H2,1-3H3,(H2,29,30)(H,31,34)/t19-,24?,25+/m0/s1. The van der Waals surface area contributed by atoms with E-state index in [-0.39, 0.29) is 6.04 Å². The molecule has 3 atom stereocenters. The van der Waals surface area contributed by atoms with E-state index in [0.29, 0.717) is 36.4 Å². The number of carbonyl (C=O) groups is 2. The van der Waals surface area contributed by atoms with Gasteiger partial charge in [-0.25, -0.2) is 4.98 Å². The monoisotopic (exact) mass is 477 g/mol. The topological polar surface area (TPSA) is 91.6 Å². The summed E-state index contributed by atoms with van der Waals surface area (Å²) < 4.78 is 0. The van der Waals surface area contributed by atoms with E-state index < -0.39 is 11.8 Å². The lowest BCUT2D eigenvalue weighted by Crippen LogP contribution is -2.46. The largest absolute Gasteiger partial charge is 0.383 e. The van der Waals surface area contributed by atoms with Crippen LogP contribution in [0, 0.1) is 5.92 Å². The van der Waals surface area contributed by atoms with Gasteiger partial charge in [-0.15, -0.1) is 0 Å². The summed E-state index contributed by atoms with van der Waals surface area (Å²) in [6.45, 7) is 5.85. The first kappa shape index (κ1) is 25.2. The highest BCUT2D eigenvalue weighted by Crippen LogP contribution is 2.34. The van der Waals surface area contributed by atoms with E-state index in [1.165, 1.54) is 31.0 Å². The van der Waals surface area contributed by atoms with Gasteiger partial charge in [-0.05, 0) is 80.8 Å². The SMILES string of the molecule is CCc1cc(NC(=O)C(=O)N2C[C@@H](C)CC[C@@H]2c2cccc(CC3CCCCN3C)c2)cnc1N. The molecule has 3 heterocycles. The van der Waals surface area contributed by atoms with Gasteiger partial charge in [0, 0.05) is 12.6 Å². The Morgan fingerprint density at radius 1 is 1.17 bits per heavy atom. The number of hydrogen-bond donors (Lipinski definition) is 2. The summed E-state index contributed by atoms with van der Waals surface area (Å²) in [5, 5.41) is 2.74. The molecule has 0 radical (unpaired) electrons. The Kier molecular flexibility index (Phi) is 8.06. The molecule has 2 saturated heterocycles. The number of hydrogen-bond acceptors (Lipinski definition) is 5. The number of benzene rings is 1. The predicted octanol–water partition coefficient (Wildman–Crippen LogP) is 4.19. The van der Waals surface area contributed by atoms with E-state index >= 15 is 0 Å². The Balaban J connectivity index is 1.50. The summed E-state index contributed by atoms with van der Waals surface area (Å²) >= 11 is 0. The fourth-order valence-corrected chi connectivity index (χ4v) is 5.51. The van der Waals surface area contributed by atoms with Crippen molar-refractivity contribution < 1.29 is 9.59 Å². The van der Waals surface area contributed by atoms with Gasteiger partial charge in [-0.2, -0.15) is 0 Å². The van der Waals surface area contributed by atoms with Crippen LogP contribution in [0.15, 0.2) is 36.5 Å². The number of amides is 2. The Bertz CT molecular complexity index is 1060. The van der Waals surface area contributed by atoms with Gasteiger partial charge < -0.3 is 20.9 Å². The average Bonchev–Trinajstić information content (AvgIpc) is 2.86. The molecule has 3 N–H and O–H groups in total. The maximum Gasteiger partial charge on any atom is 0.313 e. The van der Waals surface area contributed by atoms with Crippen molar-refractivity contribution in [2.45, 2.75) is 70.9 Å². The number of likely N-dealkylation sites (tertiary alicyclic amines) is 2. The van der Waals surface area contributed by atoms with Crippen LogP contribution in [0.5, 0.6) is 0 Å². The van der Waals surface area contributed by atoms with Crippen LogP contribution in [0.3, 0.4) is 0 Å². The molecule has 2 amide bonds. The lowest BCUT2D eigenvalue weighted by Gasteiger charge is -2.39. The smallest absolute Gasteiger partial charge is 0.313 e. The number of piperidine rings is 2. The molecule has 7 nitrogen and oxygen atoms in total. The third-order valence-corrected chi connectivity index (χ3v) is 7.64. The first-order valence-electron chi connectivity index (χ1n) is 13.0. The third kappa shape index (κ3) is 6.01. The van der Waals surface area contributed by atoms with Crippen LogP contribution in [-0.2, 0) is 22.4 Å². The second-order valence-corrected chi connectivity index (χ2v) is 10.3. The molecule has 4 rings (SSSR count). The van der Waals surface area contributed by atoms with Crippen LogP contribution >= 0.6 is 0 Å². The number of nitrogen functional groups attached to an aromatic ring is 1. The summed E-state index contributed by atoms with van der Waals surface area (Å²) in [4.78, 5) is 34.7. The number of aromatic nitrogens is 1. The predicted molar refractivity (Wildman–Crippen MR) is 140 cm³/mol. The number of aryl methyl sites for hydroxylation is 1. The van der Waals surface area contributed by atoms with Gasteiger partial charge in [-0.3, -0.25) is 9.59 Å². The van der Waals surface area contributed by atoms with Crippen LogP contribution in [0.1, 0.15) is 68.7 Å². The first-order chi connectivity index (χ1) is 16.9. The number of nitrogens with one attached hydrogen (secondary N) is 1. The molecule has 1 aromatic heterocycles. The van der Waals surface area contributed by atoms with Crippen LogP contribution < -0.4 is 11.1 Å². The van der Waals surface area contributed by atoms with E-state index in [1.54, 1.807) is 11.0 Å². The molecule has 0 spiro atoms. The molecule has 1 unspecified atom stereocenters. The fourth-order valence-electron chi connectivity index (χ4n) is 5.51. The zero-order chi connectivity index (χ0) is 24.9. The van der Waals surface area contributed by atoms with Crippen molar-refractivity contribution in [2.75, 3.05) is 31.2 Å². The maximum absolute atomic E-state index is 13.4. The normalized spacial score (nSPS) is 23.2. The van der Waals surface area contributed by atoms with Crippen LogP contribution in [0.25, 0.3) is 0 Å². The van der Waals surface area contributed by atoms with Gasteiger partial charge in [0.2, 0.25) is 0 Å². The summed E-state index contributed by atoms with van der Waals surface area (Å²) in [6.07, 6.45) is 8.91. The van der Waals surface area contributed by atoms with Gasteiger partial charge in [0.25, 0.3) is 0 Å². The molecule has 188 valence electrons. The Hall–Kier alpha value is -2.93. The lowest BCUT2D eigenvalue weighted by atomic mass is 9.88. The van der Waals surface area contributed by atoms with E-state index in [0.717, 1.165) is 36.9 Å². The van der Waals surface area contributed by atoms with E-state index in [1.807, 2.05) is 6.92 Å². The number of rotatable bonds is 5. The van der Waals surface area contributed by atoms with Gasteiger partial charge >= 0.3 is 11.8 Å². The van der Waals surface area contributed by atoms with Crippen LogP contribution in [0.4, 0.5) is 11.5 Å².